The standard InChI is InChI=1S/C9H6FIS2/c1-12-9-6(10)4-7-5(8(9)11)2-3-13-7/h2-4H,1H3. The lowest BCUT2D eigenvalue weighted by molar-refractivity contribution is 0.603. The van der Waals surface area contributed by atoms with Crippen molar-refractivity contribution in [1.82, 2.24) is 0 Å². The van der Waals surface area contributed by atoms with Crippen LogP contribution in [0, 0.1) is 9.39 Å². The van der Waals surface area contributed by atoms with Gasteiger partial charge in [-0.2, -0.15) is 0 Å². The second-order valence-corrected chi connectivity index (χ2v) is 5.38. The lowest BCUT2D eigenvalue weighted by Crippen LogP contribution is -1.85. The van der Waals surface area contributed by atoms with Gasteiger partial charge in [0.2, 0.25) is 0 Å². The molecule has 1 heterocycles. The van der Waals surface area contributed by atoms with Gasteiger partial charge < -0.3 is 0 Å². The van der Waals surface area contributed by atoms with E-state index >= 15 is 0 Å². The van der Waals surface area contributed by atoms with Crippen molar-refractivity contribution in [1.29, 1.82) is 0 Å². The Hall–Kier alpha value is 0.190. The predicted octanol–water partition coefficient (Wildman–Crippen LogP) is 4.37. The predicted molar refractivity (Wildman–Crippen MR) is 66.3 cm³/mol. The summed E-state index contributed by atoms with van der Waals surface area (Å²) in [6.45, 7) is 0. The maximum absolute atomic E-state index is 13.4. The molecule has 0 fully saturated rings. The molecule has 2 aromatic rings. The molecule has 0 saturated carbocycles. The van der Waals surface area contributed by atoms with Gasteiger partial charge in [-0.15, -0.1) is 23.1 Å². The first-order chi connectivity index (χ1) is 6.24. The van der Waals surface area contributed by atoms with Gasteiger partial charge in [-0.3, -0.25) is 0 Å². The number of thiophene rings is 1. The molecule has 0 bridgehead atoms. The normalized spacial score (nSPS) is 11.0. The van der Waals surface area contributed by atoms with Crippen LogP contribution in [0.5, 0.6) is 0 Å². The lowest BCUT2D eigenvalue weighted by atomic mass is 10.2. The second-order valence-electron chi connectivity index (χ2n) is 2.54. The van der Waals surface area contributed by atoms with Crippen LogP contribution in [0.15, 0.2) is 22.4 Å². The summed E-state index contributed by atoms with van der Waals surface area (Å²) in [6, 6.07) is 3.66. The zero-order chi connectivity index (χ0) is 9.42. The van der Waals surface area contributed by atoms with Crippen molar-refractivity contribution >= 4 is 55.8 Å². The van der Waals surface area contributed by atoms with Crippen molar-refractivity contribution in [2.45, 2.75) is 4.90 Å². The van der Waals surface area contributed by atoms with Gasteiger partial charge in [0, 0.05) is 13.7 Å². The van der Waals surface area contributed by atoms with E-state index in [2.05, 4.69) is 22.6 Å². The van der Waals surface area contributed by atoms with Crippen LogP contribution in [0.4, 0.5) is 4.39 Å². The molecule has 4 heteroatoms. The minimum absolute atomic E-state index is 0.105. The van der Waals surface area contributed by atoms with Crippen LogP contribution < -0.4 is 0 Å². The number of rotatable bonds is 1. The number of halogens is 2. The van der Waals surface area contributed by atoms with Gasteiger partial charge in [0.05, 0.1) is 4.90 Å². The number of thioether (sulfide) groups is 1. The molecule has 0 unspecified atom stereocenters. The van der Waals surface area contributed by atoms with Gasteiger partial charge in [-0.1, -0.05) is 0 Å². The van der Waals surface area contributed by atoms with Crippen LogP contribution in [0.3, 0.4) is 0 Å². The summed E-state index contributed by atoms with van der Waals surface area (Å²) in [5, 5.41) is 3.16. The Morgan fingerprint density at radius 1 is 1.54 bits per heavy atom. The molecule has 1 aromatic carbocycles. The molecule has 0 N–H and O–H groups in total. The highest BCUT2D eigenvalue weighted by atomic mass is 127. The molecule has 0 aliphatic carbocycles. The van der Waals surface area contributed by atoms with E-state index in [4.69, 9.17) is 0 Å². The van der Waals surface area contributed by atoms with Gasteiger partial charge in [0.25, 0.3) is 0 Å². The van der Waals surface area contributed by atoms with E-state index in [0.717, 1.165) is 18.6 Å². The smallest absolute Gasteiger partial charge is 0.139 e. The second kappa shape index (κ2) is 3.74. The van der Waals surface area contributed by atoms with Crippen LogP contribution >= 0.6 is 45.7 Å². The topological polar surface area (TPSA) is 0 Å². The first-order valence-electron chi connectivity index (χ1n) is 3.63. The summed E-state index contributed by atoms with van der Waals surface area (Å²) >= 11 is 5.25. The van der Waals surface area contributed by atoms with E-state index in [-0.39, 0.29) is 5.82 Å². The zero-order valence-electron chi connectivity index (χ0n) is 6.80. The molecule has 13 heavy (non-hydrogen) atoms. The van der Waals surface area contributed by atoms with Crippen molar-refractivity contribution in [3.63, 3.8) is 0 Å². The molecule has 0 spiro atoms. The Morgan fingerprint density at radius 2 is 2.31 bits per heavy atom. The van der Waals surface area contributed by atoms with Crippen molar-refractivity contribution in [3.05, 3.63) is 26.9 Å². The lowest BCUT2D eigenvalue weighted by Gasteiger charge is -2.03. The van der Waals surface area contributed by atoms with E-state index in [9.17, 15) is 4.39 Å². The Balaban J connectivity index is 2.85. The van der Waals surface area contributed by atoms with Crippen LogP contribution in [-0.2, 0) is 0 Å². The largest absolute Gasteiger partial charge is 0.206 e. The van der Waals surface area contributed by atoms with Gasteiger partial charge in [0.1, 0.15) is 5.82 Å². The van der Waals surface area contributed by atoms with E-state index in [1.165, 1.54) is 11.8 Å². The maximum atomic E-state index is 13.4. The number of hydrogen-bond acceptors (Lipinski definition) is 2. The minimum atomic E-state index is -0.105. The SMILES string of the molecule is CSc1c(F)cc2sccc2c1I. The molecule has 2 rings (SSSR count). The molecule has 0 aliphatic rings. The highest BCUT2D eigenvalue weighted by molar-refractivity contribution is 14.1. The summed E-state index contributed by atoms with van der Waals surface area (Å²) in [5.74, 6) is -0.105. The van der Waals surface area contributed by atoms with E-state index in [0.29, 0.717) is 0 Å². The third kappa shape index (κ3) is 1.59. The summed E-state index contributed by atoms with van der Waals surface area (Å²) in [6.07, 6.45) is 1.90. The third-order valence-electron chi connectivity index (χ3n) is 1.81. The molecule has 1 aromatic heterocycles. The summed E-state index contributed by atoms with van der Waals surface area (Å²) in [5.41, 5.74) is 0. The summed E-state index contributed by atoms with van der Waals surface area (Å²) in [7, 11) is 0. The van der Waals surface area contributed by atoms with Gasteiger partial charge in [-0.25, -0.2) is 4.39 Å². The highest BCUT2D eigenvalue weighted by Gasteiger charge is 2.10. The van der Waals surface area contributed by atoms with E-state index < -0.39 is 0 Å². The first-order valence-corrected chi connectivity index (χ1v) is 6.81. The Morgan fingerprint density at radius 3 is 3.00 bits per heavy atom. The molecular formula is C9H6FIS2. The Bertz CT molecular complexity index is 450. The molecular weight excluding hydrogens is 318 g/mol. The Labute approximate surface area is 97.7 Å². The first kappa shape index (κ1) is 9.73. The van der Waals surface area contributed by atoms with Gasteiger partial charge in [0.15, 0.2) is 0 Å². The van der Waals surface area contributed by atoms with Crippen LogP contribution in [0.2, 0.25) is 0 Å². The monoisotopic (exact) mass is 324 g/mol. The highest BCUT2D eigenvalue weighted by Crippen LogP contribution is 2.34. The number of benzene rings is 1. The molecule has 0 amide bonds. The summed E-state index contributed by atoms with van der Waals surface area (Å²) < 4.78 is 15.5. The molecule has 0 atom stereocenters. The van der Waals surface area contributed by atoms with Crippen LogP contribution in [0.25, 0.3) is 10.1 Å². The molecule has 68 valence electrons. The van der Waals surface area contributed by atoms with Crippen LogP contribution in [0.1, 0.15) is 0 Å². The zero-order valence-corrected chi connectivity index (χ0v) is 10.6. The average Bonchev–Trinajstić information content (AvgIpc) is 2.53. The van der Waals surface area contributed by atoms with Crippen LogP contribution in [-0.4, -0.2) is 6.26 Å². The van der Waals surface area contributed by atoms with Crippen molar-refractivity contribution in [2.24, 2.45) is 0 Å². The fourth-order valence-corrected chi connectivity index (χ4v) is 4.14. The summed E-state index contributed by atoms with van der Waals surface area (Å²) in [4.78, 5) is 0.756. The van der Waals surface area contributed by atoms with E-state index in [1.54, 1.807) is 17.4 Å². The quantitative estimate of drug-likeness (QED) is 0.555. The van der Waals surface area contributed by atoms with Crippen molar-refractivity contribution in [3.8, 4) is 0 Å². The molecule has 0 radical (unpaired) electrons. The molecule has 0 saturated heterocycles. The maximum Gasteiger partial charge on any atom is 0.139 e. The van der Waals surface area contributed by atoms with Crippen molar-refractivity contribution < 1.29 is 4.39 Å². The molecule has 0 nitrogen and oxygen atoms in total. The Kier molecular flexibility index (Phi) is 2.80. The molecule has 0 aliphatic heterocycles. The fourth-order valence-electron chi connectivity index (χ4n) is 1.21. The van der Waals surface area contributed by atoms with Gasteiger partial charge >= 0.3 is 0 Å². The van der Waals surface area contributed by atoms with E-state index in [1.807, 2.05) is 17.7 Å². The minimum Gasteiger partial charge on any atom is -0.206 e. The van der Waals surface area contributed by atoms with Gasteiger partial charge in [-0.05, 0) is 46.4 Å². The van der Waals surface area contributed by atoms with Crippen molar-refractivity contribution in [2.75, 3.05) is 6.26 Å². The average molecular weight is 324 g/mol. The number of fused-ring (bicyclic) bond motifs is 1. The fraction of sp³-hybridized carbons (Fsp3) is 0.111. The number of hydrogen-bond donors (Lipinski definition) is 0. The third-order valence-corrected chi connectivity index (χ3v) is 4.97.